The van der Waals surface area contributed by atoms with Crippen molar-refractivity contribution in [3.8, 4) is 0 Å². The van der Waals surface area contributed by atoms with Gasteiger partial charge in [0, 0.05) is 45.1 Å². The average molecular weight is 294 g/mol. The molecule has 0 bridgehead atoms. The minimum Gasteiger partial charge on any atom is -0.338 e. The molecule has 0 radical (unpaired) electrons. The van der Waals surface area contributed by atoms with Crippen LogP contribution in [0.5, 0.6) is 0 Å². The summed E-state index contributed by atoms with van der Waals surface area (Å²) in [5.41, 5.74) is 2.67. The molecule has 4 heteroatoms. The van der Waals surface area contributed by atoms with Gasteiger partial charge in [0.1, 0.15) is 0 Å². The number of anilines is 1. The highest BCUT2D eigenvalue weighted by atomic mass is 15.3. The lowest BCUT2D eigenvalue weighted by atomic mass is 10.1. The first kappa shape index (κ1) is 14.7. The van der Waals surface area contributed by atoms with E-state index in [0.717, 1.165) is 38.7 Å². The largest absolute Gasteiger partial charge is 0.338 e. The quantitative estimate of drug-likeness (QED) is 0.868. The van der Waals surface area contributed by atoms with Crippen LogP contribution in [0.2, 0.25) is 0 Å². The standard InChI is InChI=1S/C18H22N4/c1-16(14-17-6-3-2-4-7-17)15-21-10-12-22(13-11-21)18-19-8-5-9-20-18/h2-9,14H,10-13,15H2,1H3. The van der Waals surface area contributed by atoms with E-state index in [2.05, 4.69) is 63.1 Å². The molecule has 0 saturated carbocycles. The molecule has 1 aromatic heterocycles. The second-order valence-corrected chi connectivity index (χ2v) is 5.71. The van der Waals surface area contributed by atoms with Crippen LogP contribution >= 0.6 is 0 Å². The fourth-order valence-corrected chi connectivity index (χ4v) is 2.79. The predicted molar refractivity (Wildman–Crippen MR) is 90.8 cm³/mol. The van der Waals surface area contributed by atoms with Gasteiger partial charge in [-0.25, -0.2) is 9.97 Å². The molecule has 2 heterocycles. The summed E-state index contributed by atoms with van der Waals surface area (Å²) in [6, 6.07) is 12.4. The van der Waals surface area contributed by atoms with E-state index < -0.39 is 0 Å². The van der Waals surface area contributed by atoms with Crippen LogP contribution in [0, 0.1) is 0 Å². The van der Waals surface area contributed by atoms with Gasteiger partial charge in [0.2, 0.25) is 5.95 Å². The molecule has 0 spiro atoms. The minimum absolute atomic E-state index is 0.846. The van der Waals surface area contributed by atoms with Gasteiger partial charge in [0.25, 0.3) is 0 Å². The smallest absolute Gasteiger partial charge is 0.225 e. The first-order valence-corrected chi connectivity index (χ1v) is 7.78. The molecular formula is C18H22N4. The molecule has 2 aromatic rings. The van der Waals surface area contributed by atoms with Crippen molar-refractivity contribution in [3.63, 3.8) is 0 Å². The number of nitrogens with zero attached hydrogens (tertiary/aromatic N) is 4. The van der Waals surface area contributed by atoms with E-state index in [0.29, 0.717) is 0 Å². The van der Waals surface area contributed by atoms with Gasteiger partial charge in [-0.15, -0.1) is 0 Å². The van der Waals surface area contributed by atoms with Crippen molar-refractivity contribution in [2.75, 3.05) is 37.6 Å². The summed E-state index contributed by atoms with van der Waals surface area (Å²) in [5, 5.41) is 0. The molecule has 3 rings (SSSR count). The van der Waals surface area contributed by atoms with Gasteiger partial charge in [-0.05, 0) is 18.6 Å². The number of piperazine rings is 1. The Morgan fingerprint density at radius 3 is 2.36 bits per heavy atom. The highest BCUT2D eigenvalue weighted by Crippen LogP contribution is 2.12. The third-order valence-electron chi connectivity index (χ3n) is 3.89. The zero-order chi connectivity index (χ0) is 15.2. The molecule has 0 unspecified atom stereocenters. The molecule has 22 heavy (non-hydrogen) atoms. The lowest BCUT2D eigenvalue weighted by molar-refractivity contribution is 0.277. The highest BCUT2D eigenvalue weighted by Gasteiger charge is 2.18. The Morgan fingerprint density at radius 2 is 1.68 bits per heavy atom. The van der Waals surface area contributed by atoms with Gasteiger partial charge in [-0.3, -0.25) is 4.90 Å². The van der Waals surface area contributed by atoms with Gasteiger partial charge >= 0.3 is 0 Å². The van der Waals surface area contributed by atoms with Gasteiger partial charge in [0.15, 0.2) is 0 Å². The van der Waals surface area contributed by atoms with Crippen LogP contribution < -0.4 is 4.90 Å². The minimum atomic E-state index is 0.846. The Hall–Kier alpha value is -2.20. The molecule has 1 aliphatic rings. The molecule has 1 aliphatic heterocycles. The van der Waals surface area contributed by atoms with E-state index in [1.807, 2.05) is 6.07 Å². The van der Waals surface area contributed by atoms with Crippen LogP contribution in [0.15, 0.2) is 54.4 Å². The summed E-state index contributed by atoms with van der Waals surface area (Å²) in [6.45, 7) is 7.32. The Bertz CT molecular complexity index is 601. The maximum atomic E-state index is 4.33. The summed E-state index contributed by atoms with van der Waals surface area (Å²) < 4.78 is 0. The van der Waals surface area contributed by atoms with Gasteiger partial charge in [-0.2, -0.15) is 0 Å². The van der Waals surface area contributed by atoms with Gasteiger partial charge in [-0.1, -0.05) is 42.0 Å². The number of benzene rings is 1. The van der Waals surface area contributed by atoms with Gasteiger partial charge < -0.3 is 4.90 Å². The summed E-state index contributed by atoms with van der Waals surface area (Å²) in [5.74, 6) is 0.846. The van der Waals surface area contributed by atoms with E-state index in [1.165, 1.54) is 11.1 Å². The fourth-order valence-electron chi connectivity index (χ4n) is 2.79. The zero-order valence-electron chi connectivity index (χ0n) is 13.0. The maximum Gasteiger partial charge on any atom is 0.225 e. The first-order valence-electron chi connectivity index (χ1n) is 7.78. The molecule has 0 amide bonds. The Labute approximate surface area is 132 Å². The molecule has 0 atom stereocenters. The zero-order valence-corrected chi connectivity index (χ0v) is 13.0. The third-order valence-corrected chi connectivity index (χ3v) is 3.89. The van der Waals surface area contributed by atoms with Crippen molar-refractivity contribution in [2.45, 2.75) is 6.92 Å². The molecule has 4 nitrogen and oxygen atoms in total. The van der Waals surface area contributed by atoms with Crippen LogP contribution in [0.1, 0.15) is 12.5 Å². The summed E-state index contributed by atoms with van der Waals surface area (Å²) in [7, 11) is 0. The molecule has 1 aromatic carbocycles. The van der Waals surface area contributed by atoms with E-state index in [9.17, 15) is 0 Å². The second-order valence-electron chi connectivity index (χ2n) is 5.71. The van der Waals surface area contributed by atoms with Crippen LogP contribution in [-0.2, 0) is 0 Å². The number of aromatic nitrogens is 2. The number of hydrogen-bond acceptors (Lipinski definition) is 4. The number of rotatable bonds is 4. The summed E-state index contributed by atoms with van der Waals surface area (Å²) in [4.78, 5) is 13.4. The Kier molecular flexibility index (Phi) is 4.81. The highest BCUT2D eigenvalue weighted by molar-refractivity contribution is 5.52. The molecule has 1 saturated heterocycles. The molecule has 1 fully saturated rings. The molecular weight excluding hydrogens is 272 g/mol. The van der Waals surface area contributed by atoms with Crippen molar-refractivity contribution in [2.24, 2.45) is 0 Å². The lowest BCUT2D eigenvalue weighted by Gasteiger charge is -2.34. The van der Waals surface area contributed by atoms with E-state index in [1.54, 1.807) is 12.4 Å². The Balaban J connectivity index is 1.53. The molecule has 0 N–H and O–H groups in total. The van der Waals surface area contributed by atoms with Crippen LogP contribution in [0.3, 0.4) is 0 Å². The number of hydrogen-bond donors (Lipinski definition) is 0. The van der Waals surface area contributed by atoms with Crippen LogP contribution in [0.4, 0.5) is 5.95 Å². The Morgan fingerprint density at radius 1 is 1.00 bits per heavy atom. The third kappa shape index (κ3) is 3.92. The van der Waals surface area contributed by atoms with Gasteiger partial charge in [0.05, 0.1) is 0 Å². The van der Waals surface area contributed by atoms with E-state index in [4.69, 9.17) is 0 Å². The van der Waals surface area contributed by atoms with Crippen LogP contribution in [0.25, 0.3) is 6.08 Å². The predicted octanol–water partition coefficient (Wildman–Crippen LogP) is 2.70. The second kappa shape index (κ2) is 7.18. The summed E-state index contributed by atoms with van der Waals surface area (Å²) in [6.07, 6.45) is 5.88. The van der Waals surface area contributed by atoms with E-state index in [-0.39, 0.29) is 0 Å². The van der Waals surface area contributed by atoms with Crippen LogP contribution in [-0.4, -0.2) is 47.6 Å². The normalized spacial score (nSPS) is 16.8. The molecule has 114 valence electrons. The van der Waals surface area contributed by atoms with Crippen molar-refractivity contribution in [1.82, 2.24) is 14.9 Å². The first-order chi connectivity index (χ1) is 10.8. The topological polar surface area (TPSA) is 32.3 Å². The van der Waals surface area contributed by atoms with Crippen molar-refractivity contribution in [3.05, 3.63) is 59.9 Å². The average Bonchev–Trinajstić information content (AvgIpc) is 2.57. The molecule has 0 aliphatic carbocycles. The van der Waals surface area contributed by atoms with E-state index >= 15 is 0 Å². The lowest BCUT2D eigenvalue weighted by Crippen LogP contribution is -2.47. The van der Waals surface area contributed by atoms with Crippen molar-refractivity contribution < 1.29 is 0 Å². The summed E-state index contributed by atoms with van der Waals surface area (Å²) >= 11 is 0. The maximum absolute atomic E-state index is 4.33. The monoisotopic (exact) mass is 294 g/mol. The van der Waals surface area contributed by atoms with Crippen molar-refractivity contribution >= 4 is 12.0 Å². The fraction of sp³-hybridized carbons (Fsp3) is 0.333. The SMILES string of the molecule is CC(=Cc1ccccc1)CN1CCN(c2ncccn2)CC1. The van der Waals surface area contributed by atoms with Crippen molar-refractivity contribution in [1.29, 1.82) is 0 Å².